The van der Waals surface area contributed by atoms with E-state index in [4.69, 9.17) is 0 Å². The Morgan fingerprint density at radius 2 is 2.00 bits per heavy atom. The molecule has 1 aromatic heterocycles. The monoisotopic (exact) mass is 153 g/mol. The molecule has 0 amide bonds. The second kappa shape index (κ2) is 1.36. The number of hydrogen-bond donors (Lipinski definition) is 0. The molecule has 56 valence electrons. The van der Waals surface area contributed by atoms with Gasteiger partial charge in [0.2, 0.25) is 0 Å². The lowest BCUT2D eigenvalue weighted by Crippen LogP contribution is -2.28. The highest BCUT2D eigenvalue weighted by atomic mass is 15.0. The van der Waals surface area contributed by atoms with Crippen molar-refractivity contribution in [3.8, 4) is 0 Å². The van der Waals surface area contributed by atoms with Crippen LogP contribution in [0.1, 0.15) is 12.1 Å². The molecular weight excluding hydrogens is 146 g/mol. The first-order valence-electron chi connectivity index (χ1n) is 4.27. The van der Waals surface area contributed by atoms with Crippen LogP contribution < -0.4 is 10.6 Å². The molecule has 0 atom stereocenters. The Labute approximate surface area is 69.6 Å². The normalized spacial score (nSPS) is 20.0. The molecule has 0 saturated carbocycles. The van der Waals surface area contributed by atoms with Gasteiger partial charge in [0.15, 0.2) is 0 Å². The maximum absolute atomic E-state index is 2.29. The predicted octanol–water partition coefficient (Wildman–Crippen LogP) is 0.704. The smallest absolute Gasteiger partial charge is 0.0566 e. The van der Waals surface area contributed by atoms with Crippen molar-refractivity contribution in [2.24, 2.45) is 0 Å². The van der Waals surface area contributed by atoms with Gasteiger partial charge < -0.3 is 4.57 Å². The van der Waals surface area contributed by atoms with Crippen molar-refractivity contribution in [1.29, 1.82) is 0 Å². The molecule has 4 rings (SSSR count). The second-order valence-corrected chi connectivity index (χ2v) is 3.58. The van der Waals surface area contributed by atoms with Gasteiger partial charge in [0.05, 0.1) is 5.35 Å². The van der Waals surface area contributed by atoms with Gasteiger partial charge in [-0.05, 0) is 23.3 Å². The summed E-state index contributed by atoms with van der Waals surface area (Å²) in [6.45, 7) is 0. The highest BCUT2D eigenvalue weighted by molar-refractivity contribution is 5.87. The fourth-order valence-electron chi connectivity index (χ4n) is 2.35. The van der Waals surface area contributed by atoms with Gasteiger partial charge >= 0.3 is 0 Å². The van der Waals surface area contributed by atoms with Crippen LogP contribution in [-0.4, -0.2) is 4.57 Å². The SMILES string of the molecule is C1=CC2=c3c(cc4n3C=C4)=C1C2. The van der Waals surface area contributed by atoms with Crippen LogP contribution in [0.3, 0.4) is 0 Å². The first kappa shape index (κ1) is 5.20. The van der Waals surface area contributed by atoms with Crippen LogP contribution in [0, 0.1) is 0 Å². The summed E-state index contributed by atoms with van der Waals surface area (Å²) in [6.07, 6.45) is 9.97. The molecule has 0 radical (unpaired) electrons. The van der Waals surface area contributed by atoms with Gasteiger partial charge in [0.25, 0.3) is 0 Å². The Morgan fingerprint density at radius 3 is 2.83 bits per heavy atom. The summed E-state index contributed by atoms with van der Waals surface area (Å²) in [5.41, 5.74) is 4.36. The zero-order valence-corrected chi connectivity index (χ0v) is 6.54. The molecule has 2 bridgehead atoms. The lowest BCUT2D eigenvalue weighted by atomic mass is 10.2. The van der Waals surface area contributed by atoms with Crippen molar-refractivity contribution in [2.45, 2.75) is 6.42 Å². The third kappa shape index (κ3) is 0.359. The molecule has 0 aromatic carbocycles. The van der Waals surface area contributed by atoms with Gasteiger partial charge in [-0.3, -0.25) is 0 Å². The van der Waals surface area contributed by atoms with Crippen molar-refractivity contribution in [3.05, 3.63) is 34.5 Å². The maximum atomic E-state index is 2.29. The molecule has 1 heteroatoms. The molecule has 12 heavy (non-hydrogen) atoms. The van der Waals surface area contributed by atoms with E-state index in [0.717, 1.165) is 0 Å². The molecule has 0 saturated heterocycles. The molecule has 0 spiro atoms. The average Bonchev–Trinajstić information content (AvgIpc) is 2.62. The molecule has 0 unspecified atom stereocenters. The quantitative estimate of drug-likeness (QED) is 0.525. The molecule has 2 aliphatic carbocycles. The Balaban J connectivity index is 2.43. The zero-order valence-electron chi connectivity index (χ0n) is 6.54. The van der Waals surface area contributed by atoms with Crippen LogP contribution >= 0.6 is 0 Å². The first-order valence-corrected chi connectivity index (χ1v) is 4.27. The second-order valence-electron chi connectivity index (χ2n) is 3.58. The summed E-state index contributed by atoms with van der Waals surface area (Å²) in [5.74, 6) is 0. The summed E-state index contributed by atoms with van der Waals surface area (Å²) in [7, 11) is 0. The number of nitrogens with zero attached hydrogens (tertiary/aromatic N) is 1. The van der Waals surface area contributed by atoms with E-state index in [1.807, 2.05) is 0 Å². The van der Waals surface area contributed by atoms with Crippen molar-refractivity contribution in [1.82, 2.24) is 4.57 Å². The van der Waals surface area contributed by atoms with Crippen LogP contribution in [0.25, 0.3) is 23.4 Å². The van der Waals surface area contributed by atoms with E-state index in [0.29, 0.717) is 0 Å². The van der Waals surface area contributed by atoms with Crippen molar-refractivity contribution >= 4 is 23.4 Å². The molecule has 0 N–H and O–H groups in total. The van der Waals surface area contributed by atoms with Gasteiger partial charge in [0, 0.05) is 23.5 Å². The molecule has 0 fully saturated rings. The molecule has 1 nitrogen and oxygen atoms in total. The standard InChI is InChI=1S/C11H7N/c1-2-8-5-7(1)10-6-9-3-4-12(9)11(8)10/h1-4,6H,5H2. The maximum Gasteiger partial charge on any atom is 0.0566 e. The average molecular weight is 153 g/mol. The minimum absolute atomic E-state index is 1.17. The highest BCUT2D eigenvalue weighted by Crippen LogP contribution is 2.26. The van der Waals surface area contributed by atoms with Gasteiger partial charge in [0.1, 0.15) is 0 Å². The van der Waals surface area contributed by atoms with Crippen molar-refractivity contribution in [2.75, 3.05) is 0 Å². The number of allylic oxidation sites excluding steroid dienone is 2. The summed E-state index contributed by atoms with van der Waals surface area (Å²) in [4.78, 5) is 0. The summed E-state index contributed by atoms with van der Waals surface area (Å²) in [5, 5.41) is 2.91. The zero-order chi connectivity index (χ0) is 7.71. The number of hydrogen-bond acceptors (Lipinski definition) is 0. The predicted molar refractivity (Wildman–Crippen MR) is 49.5 cm³/mol. The van der Waals surface area contributed by atoms with E-state index in [1.165, 1.54) is 33.8 Å². The van der Waals surface area contributed by atoms with Gasteiger partial charge in [-0.15, -0.1) is 0 Å². The van der Waals surface area contributed by atoms with Gasteiger partial charge in [-0.25, -0.2) is 0 Å². The van der Waals surface area contributed by atoms with Crippen LogP contribution in [0.15, 0.2) is 18.2 Å². The van der Waals surface area contributed by atoms with Crippen molar-refractivity contribution < 1.29 is 0 Å². The summed E-state index contributed by atoms with van der Waals surface area (Å²) >= 11 is 0. The van der Waals surface area contributed by atoms with E-state index in [9.17, 15) is 0 Å². The summed E-state index contributed by atoms with van der Waals surface area (Å²) < 4.78 is 2.29. The van der Waals surface area contributed by atoms with Gasteiger partial charge in [-0.1, -0.05) is 12.2 Å². The van der Waals surface area contributed by atoms with Crippen molar-refractivity contribution in [3.63, 3.8) is 0 Å². The fourth-order valence-corrected chi connectivity index (χ4v) is 2.35. The Hall–Kier alpha value is -1.50. The number of aromatic nitrogens is 1. The number of fused-ring (bicyclic) bond motifs is 5. The van der Waals surface area contributed by atoms with Gasteiger partial charge in [-0.2, -0.15) is 0 Å². The first-order chi connectivity index (χ1) is 5.93. The van der Waals surface area contributed by atoms with E-state index in [-0.39, 0.29) is 0 Å². The minimum Gasteiger partial charge on any atom is -0.316 e. The van der Waals surface area contributed by atoms with Crippen LogP contribution in [-0.2, 0) is 0 Å². The molecular formula is C11H7N. The third-order valence-electron chi connectivity index (χ3n) is 2.98. The minimum atomic E-state index is 1.17. The van der Waals surface area contributed by atoms with E-state index >= 15 is 0 Å². The third-order valence-corrected chi connectivity index (χ3v) is 2.98. The topological polar surface area (TPSA) is 4.93 Å². The lowest BCUT2D eigenvalue weighted by molar-refractivity contribution is 1.06. The largest absolute Gasteiger partial charge is 0.316 e. The fraction of sp³-hybridized carbons (Fsp3) is 0.0909. The van der Waals surface area contributed by atoms with Crippen LogP contribution in [0.4, 0.5) is 0 Å². The Bertz CT molecular complexity index is 579. The van der Waals surface area contributed by atoms with E-state index in [1.54, 1.807) is 0 Å². The molecule has 1 aliphatic heterocycles. The Morgan fingerprint density at radius 1 is 1.08 bits per heavy atom. The van der Waals surface area contributed by atoms with E-state index < -0.39 is 0 Å². The summed E-state index contributed by atoms with van der Waals surface area (Å²) in [6, 6.07) is 2.29. The lowest BCUT2D eigenvalue weighted by Gasteiger charge is -2.08. The molecule has 1 aromatic rings. The Kier molecular flexibility index (Phi) is 0.587. The molecule has 3 aliphatic rings. The van der Waals surface area contributed by atoms with E-state index in [2.05, 4.69) is 35.1 Å². The highest BCUT2D eigenvalue weighted by Gasteiger charge is 2.20. The van der Waals surface area contributed by atoms with Crippen LogP contribution in [0.5, 0.6) is 0 Å². The van der Waals surface area contributed by atoms with Crippen LogP contribution in [0.2, 0.25) is 0 Å². The molecule has 2 heterocycles. The number of rotatable bonds is 0.